The fourth-order valence-corrected chi connectivity index (χ4v) is 2.72. The number of hydrogen-bond donors (Lipinski definition) is 1. The van der Waals surface area contributed by atoms with Crippen LogP contribution in [0, 0.1) is 0 Å². The minimum absolute atomic E-state index is 0.234. The van der Waals surface area contributed by atoms with Gasteiger partial charge >= 0.3 is 0 Å². The zero-order chi connectivity index (χ0) is 14.4. The molecule has 0 saturated carbocycles. The molecule has 108 valence electrons. The second kappa shape index (κ2) is 7.25. The summed E-state index contributed by atoms with van der Waals surface area (Å²) in [5.41, 5.74) is 0.845. The molecule has 0 saturated heterocycles. The van der Waals surface area contributed by atoms with E-state index < -0.39 is 0 Å². The van der Waals surface area contributed by atoms with E-state index in [0.717, 1.165) is 36.2 Å². The normalized spacial score (nSPS) is 11.2. The van der Waals surface area contributed by atoms with Crippen LogP contribution in [0.4, 0.5) is 0 Å². The molecule has 1 N–H and O–H groups in total. The van der Waals surface area contributed by atoms with Crippen LogP contribution >= 0.6 is 11.8 Å². The summed E-state index contributed by atoms with van der Waals surface area (Å²) in [5.74, 6) is 1.18. The molecule has 2 rings (SSSR count). The maximum absolute atomic E-state index is 9.31. The number of thioether (sulfide) groups is 1. The van der Waals surface area contributed by atoms with Crippen LogP contribution < -0.4 is 0 Å². The number of aromatic nitrogens is 4. The van der Waals surface area contributed by atoms with Gasteiger partial charge in [-0.2, -0.15) is 4.68 Å². The number of hydrogen-bond acceptors (Lipinski definition) is 6. The average molecular weight is 293 g/mol. The lowest BCUT2D eigenvalue weighted by atomic mass is 10.3. The number of tetrazole rings is 1. The monoisotopic (exact) mass is 293 g/mol. The van der Waals surface area contributed by atoms with Crippen molar-refractivity contribution in [1.29, 1.82) is 0 Å². The molecule has 0 unspecified atom stereocenters. The quantitative estimate of drug-likeness (QED) is 0.785. The first-order valence-corrected chi connectivity index (χ1v) is 7.66. The van der Waals surface area contributed by atoms with Crippen LogP contribution in [0.1, 0.15) is 13.8 Å². The highest BCUT2D eigenvalue weighted by molar-refractivity contribution is 7.99. The molecule has 0 spiro atoms. The minimum atomic E-state index is 0.234. The van der Waals surface area contributed by atoms with Crippen molar-refractivity contribution in [3.05, 3.63) is 24.3 Å². The number of phenolic OH excluding ortho intramolecular Hbond substituents is 1. The van der Waals surface area contributed by atoms with E-state index in [9.17, 15) is 5.11 Å². The third kappa shape index (κ3) is 3.71. The van der Waals surface area contributed by atoms with E-state index in [0.29, 0.717) is 0 Å². The SMILES string of the molecule is CCN(CC)CCSc1nnnn1-c1ccc(O)cc1. The Bertz CT molecular complexity index is 524. The predicted octanol–water partition coefficient (Wildman–Crippen LogP) is 1.80. The maximum Gasteiger partial charge on any atom is 0.214 e. The largest absolute Gasteiger partial charge is 0.508 e. The molecule has 0 atom stereocenters. The molecule has 0 aliphatic carbocycles. The van der Waals surface area contributed by atoms with Crippen molar-refractivity contribution in [3.8, 4) is 11.4 Å². The molecule has 7 heteroatoms. The van der Waals surface area contributed by atoms with Crippen LogP contribution in [-0.4, -0.2) is 55.6 Å². The molecular formula is C13H19N5OS. The van der Waals surface area contributed by atoms with E-state index in [2.05, 4.69) is 34.3 Å². The smallest absolute Gasteiger partial charge is 0.214 e. The molecular weight excluding hydrogens is 274 g/mol. The summed E-state index contributed by atoms with van der Waals surface area (Å²) in [5, 5.41) is 21.8. The van der Waals surface area contributed by atoms with Crippen molar-refractivity contribution in [2.45, 2.75) is 19.0 Å². The molecule has 1 heterocycles. The minimum Gasteiger partial charge on any atom is -0.508 e. The Morgan fingerprint density at radius 1 is 1.20 bits per heavy atom. The molecule has 6 nitrogen and oxygen atoms in total. The standard InChI is InChI=1S/C13H19N5OS/c1-3-17(4-2)9-10-20-13-14-15-16-18(13)11-5-7-12(19)8-6-11/h5-8,19H,3-4,9-10H2,1-2H3. The fraction of sp³-hybridized carbons (Fsp3) is 0.462. The molecule has 0 aliphatic rings. The molecule has 0 bridgehead atoms. The van der Waals surface area contributed by atoms with Crippen LogP contribution in [0.15, 0.2) is 29.4 Å². The molecule has 0 radical (unpaired) electrons. The lowest BCUT2D eigenvalue weighted by molar-refractivity contribution is 0.324. The number of aromatic hydroxyl groups is 1. The summed E-state index contributed by atoms with van der Waals surface area (Å²) in [6.07, 6.45) is 0. The van der Waals surface area contributed by atoms with Crippen LogP contribution in [0.3, 0.4) is 0 Å². The van der Waals surface area contributed by atoms with Crippen molar-refractivity contribution < 1.29 is 5.11 Å². The first-order chi connectivity index (χ1) is 9.74. The maximum atomic E-state index is 9.31. The number of phenols is 1. The Balaban J connectivity index is 2.00. The molecule has 0 fully saturated rings. The van der Waals surface area contributed by atoms with Gasteiger partial charge in [0, 0.05) is 12.3 Å². The van der Waals surface area contributed by atoms with Gasteiger partial charge in [0.2, 0.25) is 5.16 Å². The summed E-state index contributed by atoms with van der Waals surface area (Å²) >= 11 is 1.63. The van der Waals surface area contributed by atoms with Crippen molar-refractivity contribution in [3.63, 3.8) is 0 Å². The Kier molecular flexibility index (Phi) is 5.37. The number of rotatable bonds is 7. The summed E-state index contributed by atoms with van der Waals surface area (Å²) in [7, 11) is 0. The summed E-state index contributed by atoms with van der Waals surface area (Å²) in [4.78, 5) is 2.36. The van der Waals surface area contributed by atoms with Gasteiger partial charge in [-0.15, -0.1) is 5.10 Å². The average Bonchev–Trinajstić information content (AvgIpc) is 2.93. The van der Waals surface area contributed by atoms with E-state index in [1.54, 1.807) is 40.7 Å². The van der Waals surface area contributed by atoms with Gasteiger partial charge in [-0.05, 0) is 47.8 Å². The first-order valence-electron chi connectivity index (χ1n) is 6.67. The highest BCUT2D eigenvalue weighted by Crippen LogP contribution is 2.19. The lowest BCUT2D eigenvalue weighted by Gasteiger charge is -2.16. The van der Waals surface area contributed by atoms with Crippen molar-refractivity contribution in [1.82, 2.24) is 25.1 Å². The molecule has 0 amide bonds. The first kappa shape index (κ1) is 14.8. The van der Waals surface area contributed by atoms with Crippen LogP contribution in [-0.2, 0) is 0 Å². The highest BCUT2D eigenvalue weighted by Gasteiger charge is 2.09. The van der Waals surface area contributed by atoms with E-state index >= 15 is 0 Å². The zero-order valence-electron chi connectivity index (χ0n) is 11.7. The third-order valence-corrected chi connectivity index (χ3v) is 3.97. The van der Waals surface area contributed by atoms with E-state index in [4.69, 9.17) is 0 Å². The highest BCUT2D eigenvalue weighted by atomic mass is 32.2. The van der Waals surface area contributed by atoms with Gasteiger partial charge in [-0.1, -0.05) is 25.6 Å². The van der Waals surface area contributed by atoms with Gasteiger partial charge in [0.1, 0.15) is 5.75 Å². The van der Waals surface area contributed by atoms with Crippen LogP contribution in [0.25, 0.3) is 5.69 Å². The number of benzene rings is 1. The van der Waals surface area contributed by atoms with Crippen molar-refractivity contribution in [2.24, 2.45) is 0 Å². The van der Waals surface area contributed by atoms with Gasteiger partial charge in [0.05, 0.1) is 5.69 Å². The van der Waals surface area contributed by atoms with Gasteiger partial charge in [0.25, 0.3) is 0 Å². The van der Waals surface area contributed by atoms with E-state index in [1.165, 1.54) is 0 Å². The second-order valence-corrected chi connectivity index (χ2v) is 5.33. The van der Waals surface area contributed by atoms with E-state index in [1.807, 2.05) is 0 Å². The summed E-state index contributed by atoms with van der Waals surface area (Å²) in [6.45, 7) is 7.45. The van der Waals surface area contributed by atoms with Gasteiger partial charge in [0.15, 0.2) is 0 Å². The molecule has 20 heavy (non-hydrogen) atoms. The van der Waals surface area contributed by atoms with Gasteiger partial charge < -0.3 is 10.0 Å². The summed E-state index contributed by atoms with van der Waals surface area (Å²) < 4.78 is 1.69. The Hall–Kier alpha value is -1.60. The predicted molar refractivity (Wildman–Crippen MR) is 79.3 cm³/mol. The Morgan fingerprint density at radius 2 is 1.90 bits per heavy atom. The lowest BCUT2D eigenvalue weighted by Crippen LogP contribution is -2.25. The van der Waals surface area contributed by atoms with Gasteiger partial charge in [-0.3, -0.25) is 0 Å². The van der Waals surface area contributed by atoms with Crippen LogP contribution in [0.5, 0.6) is 5.75 Å². The Morgan fingerprint density at radius 3 is 2.55 bits per heavy atom. The third-order valence-electron chi connectivity index (χ3n) is 3.07. The molecule has 0 aliphatic heterocycles. The second-order valence-electron chi connectivity index (χ2n) is 4.27. The van der Waals surface area contributed by atoms with Gasteiger partial charge in [-0.25, -0.2) is 0 Å². The number of nitrogens with zero attached hydrogens (tertiary/aromatic N) is 5. The Labute approximate surface area is 122 Å². The van der Waals surface area contributed by atoms with Crippen molar-refractivity contribution in [2.75, 3.05) is 25.4 Å². The topological polar surface area (TPSA) is 67.1 Å². The molecule has 1 aromatic heterocycles. The van der Waals surface area contributed by atoms with E-state index in [-0.39, 0.29) is 5.75 Å². The molecule has 1 aromatic carbocycles. The fourth-order valence-electron chi connectivity index (χ4n) is 1.83. The summed E-state index contributed by atoms with van der Waals surface area (Å²) in [6, 6.07) is 6.84. The van der Waals surface area contributed by atoms with Crippen LogP contribution in [0.2, 0.25) is 0 Å². The van der Waals surface area contributed by atoms with Crippen molar-refractivity contribution >= 4 is 11.8 Å². The zero-order valence-corrected chi connectivity index (χ0v) is 12.5. The molecule has 2 aromatic rings.